The monoisotopic (exact) mass is 227 g/mol. The molecule has 0 atom stereocenters. The van der Waals surface area contributed by atoms with Crippen LogP contribution in [0.3, 0.4) is 0 Å². The molecule has 0 aromatic heterocycles. The van der Waals surface area contributed by atoms with Gasteiger partial charge in [0, 0.05) is 6.04 Å². The smallest absolute Gasteiger partial charge is 0.407 e. The molecule has 1 amide bonds. The van der Waals surface area contributed by atoms with E-state index in [2.05, 4.69) is 12.2 Å². The van der Waals surface area contributed by atoms with Gasteiger partial charge in [-0.15, -0.1) is 0 Å². The summed E-state index contributed by atoms with van der Waals surface area (Å²) in [5, 5.41) is 2.96. The Balaban J connectivity index is 2.26. The Morgan fingerprint density at radius 2 is 1.81 bits per heavy atom. The van der Waals surface area contributed by atoms with Crippen LogP contribution in [0.15, 0.2) is 0 Å². The van der Waals surface area contributed by atoms with E-state index in [1.165, 1.54) is 19.3 Å². The van der Waals surface area contributed by atoms with E-state index in [1.807, 2.05) is 20.8 Å². The van der Waals surface area contributed by atoms with Gasteiger partial charge in [0.1, 0.15) is 5.60 Å². The molecule has 3 nitrogen and oxygen atoms in total. The lowest BCUT2D eigenvalue weighted by atomic mass is 9.85. The largest absolute Gasteiger partial charge is 0.444 e. The van der Waals surface area contributed by atoms with Crippen LogP contribution in [-0.4, -0.2) is 17.7 Å². The molecular weight excluding hydrogens is 202 g/mol. The predicted octanol–water partition coefficient (Wildman–Crippen LogP) is 3.48. The minimum absolute atomic E-state index is 0.271. The molecule has 0 aromatic rings. The number of alkyl carbamates (subject to hydrolysis) is 1. The average molecular weight is 227 g/mol. The van der Waals surface area contributed by atoms with Gasteiger partial charge in [-0.3, -0.25) is 0 Å². The highest BCUT2D eigenvalue weighted by molar-refractivity contribution is 5.68. The molecule has 0 spiro atoms. The third kappa shape index (κ3) is 4.86. The molecule has 3 heteroatoms. The maximum Gasteiger partial charge on any atom is 0.407 e. The molecule has 0 heterocycles. The van der Waals surface area contributed by atoms with Gasteiger partial charge in [-0.2, -0.15) is 0 Å². The summed E-state index contributed by atoms with van der Waals surface area (Å²) >= 11 is 0. The number of hydrogen-bond acceptors (Lipinski definition) is 2. The van der Waals surface area contributed by atoms with Crippen LogP contribution in [0, 0.1) is 5.92 Å². The molecule has 0 aliphatic heterocycles. The fourth-order valence-electron chi connectivity index (χ4n) is 2.19. The van der Waals surface area contributed by atoms with E-state index in [1.54, 1.807) is 0 Å². The van der Waals surface area contributed by atoms with Crippen molar-refractivity contribution in [2.24, 2.45) is 5.92 Å². The molecule has 16 heavy (non-hydrogen) atoms. The highest BCUT2D eigenvalue weighted by atomic mass is 16.6. The normalized spacial score (nSPS) is 26.2. The Kier molecular flexibility index (Phi) is 4.63. The SMILES string of the molecule is CC[C@H]1CC[C@H](NC(=O)OC(C)(C)C)CC1. The molecule has 1 saturated carbocycles. The molecule has 1 fully saturated rings. The number of amides is 1. The topological polar surface area (TPSA) is 38.3 Å². The van der Waals surface area contributed by atoms with Gasteiger partial charge >= 0.3 is 6.09 Å². The summed E-state index contributed by atoms with van der Waals surface area (Å²) in [5.41, 5.74) is -0.398. The van der Waals surface area contributed by atoms with E-state index in [0.29, 0.717) is 6.04 Å². The first-order chi connectivity index (χ1) is 7.40. The fourth-order valence-corrected chi connectivity index (χ4v) is 2.19. The number of nitrogens with one attached hydrogen (secondary N) is 1. The molecular formula is C13H25NO2. The lowest BCUT2D eigenvalue weighted by Gasteiger charge is -2.29. The van der Waals surface area contributed by atoms with Crippen molar-refractivity contribution in [3.8, 4) is 0 Å². The molecule has 0 aromatic carbocycles. The van der Waals surface area contributed by atoms with Crippen LogP contribution in [0.25, 0.3) is 0 Å². The minimum atomic E-state index is -0.398. The Labute approximate surface area is 98.9 Å². The summed E-state index contributed by atoms with van der Waals surface area (Å²) in [6.07, 6.45) is 5.65. The Morgan fingerprint density at radius 3 is 2.25 bits per heavy atom. The van der Waals surface area contributed by atoms with Crippen LogP contribution in [0.5, 0.6) is 0 Å². The Bertz CT molecular complexity index is 225. The summed E-state index contributed by atoms with van der Waals surface area (Å²) < 4.78 is 5.24. The van der Waals surface area contributed by atoms with Gasteiger partial charge in [-0.1, -0.05) is 13.3 Å². The van der Waals surface area contributed by atoms with Gasteiger partial charge < -0.3 is 10.1 Å². The lowest BCUT2D eigenvalue weighted by Crippen LogP contribution is -2.40. The van der Waals surface area contributed by atoms with Gasteiger partial charge in [0.15, 0.2) is 0 Å². The summed E-state index contributed by atoms with van der Waals surface area (Å²) in [6, 6.07) is 0.317. The van der Waals surface area contributed by atoms with Gasteiger partial charge in [0.2, 0.25) is 0 Å². The molecule has 0 saturated heterocycles. The molecule has 0 radical (unpaired) electrons. The van der Waals surface area contributed by atoms with E-state index in [-0.39, 0.29) is 6.09 Å². The Morgan fingerprint density at radius 1 is 1.25 bits per heavy atom. The zero-order chi connectivity index (χ0) is 12.2. The summed E-state index contributed by atoms with van der Waals surface area (Å²) in [7, 11) is 0. The van der Waals surface area contributed by atoms with Crippen molar-refractivity contribution < 1.29 is 9.53 Å². The van der Waals surface area contributed by atoms with Crippen molar-refractivity contribution >= 4 is 6.09 Å². The van der Waals surface area contributed by atoms with Gasteiger partial charge in [-0.25, -0.2) is 4.79 Å². The van der Waals surface area contributed by atoms with Crippen molar-refractivity contribution in [1.29, 1.82) is 0 Å². The highest BCUT2D eigenvalue weighted by Crippen LogP contribution is 2.26. The second-order valence-corrected chi connectivity index (χ2v) is 5.77. The third-order valence-corrected chi connectivity index (χ3v) is 3.14. The van der Waals surface area contributed by atoms with Crippen LogP contribution < -0.4 is 5.32 Å². The first kappa shape index (κ1) is 13.3. The van der Waals surface area contributed by atoms with Crippen molar-refractivity contribution in [1.82, 2.24) is 5.32 Å². The molecule has 0 unspecified atom stereocenters. The maximum atomic E-state index is 11.5. The van der Waals surface area contributed by atoms with Crippen molar-refractivity contribution in [3.63, 3.8) is 0 Å². The second-order valence-electron chi connectivity index (χ2n) is 5.77. The first-order valence-corrected chi connectivity index (χ1v) is 6.40. The number of carbonyl (C=O) groups excluding carboxylic acids is 1. The molecule has 1 rings (SSSR count). The molecule has 1 aliphatic carbocycles. The summed E-state index contributed by atoms with van der Waals surface area (Å²) in [4.78, 5) is 11.5. The fraction of sp³-hybridized carbons (Fsp3) is 0.923. The molecule has 1 aliphatic rings. The predicted molar refractivity (Wildman–Crippen MR) is 65.4 cm³/mol. The van der Waals surface area contributed by atoms with Crippen molar-refractivity contribution in [2.45, 2.75) is 71.4 Å². The number of ether oxygens (including phenoxy) is 1. The first-order valence-electron chi connectivity index (χ1n) is 6.40. The van der Waals surface area contributed by atoms with Crippen molar-refractivity contribution in [3.05, 3.63) is 0 Å². The van der Waals surface area contributed by atoms with E-state index in [9.17, 15) is 4.79 Å². The molecule has 1 N–H and O–H groups in total. The zero-order valence-corrected chi connectivity index (χ0v) is 11.0. The van der Waals surface area contributed by atoms with E-state index >= 15 is 0 Å². The summed E-state index contributed by atoms with van der Waals surface area (Å²) in [5.74, 6) is 0.858. The second kappa shape index (κ2) is 5.55. The van der Waals surface area contributed by atoms with Crippen LogP contribution in [0.2, 0.25) is 0 Å². The van der Waals surface area contributed by atoms with Gasteiger partial charge in [-0.05, 0) is 52.4 Å². The number of hydrogen-bond donors (Lipinski definition) is 1. The third-order valence-electron chi connectivity index (χ3n) is 3.14. The van der Waals surface area contributed by atoms with E-state index < -0.39 is 5.60 Å². The summed E-state index contributed by atoms with van der Waals surface area (Å²) in [6.45, 7) is 7.91. The van der Waals surface area contributed by atoms with Crippen molar-refractivity contribution in [2.75, 3.05) is 0 Å². The standard InChI is InChI=1S/C13H25NO2/c1-5-10-6-8-11(9-7-10)14-12(15)16-13(2,3)4/h10-11H,5-9H2,1-4H3,(H,14,15)/t10-,11-. The van der Waals surface area contributed by atoms with E-state index in [0.717, 1.165) is 18.8 Å². The number of rotatable bonds is 2. The zero-order valence-electron chi connectivity index (χ0n) is 11.0. The quantitative estimate of drug-likeness (QED) is 0.784. The lowest BCUT2D eigenvalue weighted by molar-refractivity contribution is 0.0487. The van der Waals surface area contributed by atoms with Crippen LogP contribution in [0.1, 0.15) is 59.8 Å². The van der Waals surface area contributed by atoms with Gasteiger partial charge in [0.05, 0.1) is 0 Å². The maximum absolute atomic E-state index is 11.5. The van der Waals surface area contributed by atoms with Crippen LogP contribution >= 0.6 is 0 Å². The van der Waals surface area contributed by atoms with Crippen LogP contribution in [0.4, 0.5) is 4.79 Å². The molecule has 0 bridgehead atoms. The number of carbonyl (C=O) groups is 1. The minimum Gasteiger partial charge on any atom is -0.444 e. The molecule has 94 valence electrons. The van der Waals surface area contributed by atoms with Crippen LogP contribution in [-0.2, 0) is 4.74 Å². The highest BCUT2D eigenvalue weighted by Gasteiger charge is 2.23. The Hall–Kier alpha value is -0.730. The average Bonchev–Trinajstić information content (AvgIpc) is 2.16. The van der Waals surface area contributed by atoms with Gasteiger partial charge in [0.25, 0.3) is 0 Å². The van der Waals surface area contributed by atoms with E-state index in [4.69, 9.17) is 4.74 Å².